The molecule has 0 saturated heterocycles. The fourth-order valence-corrected chi connectivity index (χ4v) is 2.48. The van der Waals surface area contributed by atoms with Gasteiger partial charge in [-0.2, -0.15) is 0 Å². The Balaban J connectivity index is 1.75. The van der Waals surface area contributed by atoms with Crippen LogP contribution in [-0.2, 0) is 10.2 Å². The number of ether oxygens (including phenoxy) is 2. The third-order valence-electron chi connectivity index (χ3n) is 4.06. The van der Waals surface area contributed by atoms with Gasteiger partial charge in [-0.1, -0.05) is 45.0 Å². The van der Waals surface area contributed by atoms with Gasteiger partial charge in [0.2, 0.25) is 0 Å². The van der Waals surface area contributed by atoms with Gasteiger partial charge >= 0.3 is 0 Å². The van der Waals surface area contributed by atoms with Gasteiger partial charge in [0.1, 0.15) is 18.1 Å². The van der Waals surface area contributed by atoms with E-state index in [1.807, 2.05) is 55.5 Å². The molecule has 0 unspecified atom stereocenters. The first-order valence-electron chi connectivity index (χ1n) is 9.00. The molecule has 1 atom stereocenters. The zero-order valence-corrected chi connectivity index (χ0v) is 16.3. The van der Waals surface area contributed by atoms with Crippen molar-refractivity contribution in [3.63, 3.8) is 0 Å². The smallest absolute Gasteiger partial charge is 0.260 e. The summed E-state index contributed by atoms with van der Waals surface area (Å²) < 4.78 is 11.3. The number of amides is 1. The molecule has 2 rings (SSSR count). The summed E-state index contributed by atoms with van der Waals surface area (Å²) >= 11 is 0. The van der Waals surface area contributed by atoms with E-state index < -0.39 is 6.10 Å². The lowest BCUT2D eigenvalue weighted by Crippen LogP contribution is -2.38. The topological polar surface area (TPSA) is 47.6 Å². The lowest BCUT2D eigenvalue weighted by molar-refractivity contribution is -0.127. The molecule has 0 aromatic heterocycles. The molecular weight excluding hydrogens is 326 g/mol. The van der Waals surface area contributed by atoms with Crippen molar-refractivity contribution in [2.45, 2.75) is 46.1 Å². The standard InChI is InChI=1S/C22H29NO3/c1-16-7-6-8-20(15-16)25-14-13-23-21(24)17(2)26-19-11-9-18(10-12-19)22(3,4)5/h6-12,15,17H,13-14H2,1-5H3,(H,23,24)/t17-/m0/s1. The zero-order chi connectivity index (χ0) is 19.2. The minimum absolute atomic E-state index is 0.0960. The summed E-state index contributed by atoms with van der Waals surface area (Å²) in [7, 11) is 0. The molecule has 0 radical (unpaired) electrons. The normalized spacial score (nSPS) is 12.3. The molecule has 4 nitrogen and oxygen atoms in total. The highest BCUT2D eigenvalue weighted by molar-refractivity contribution is 5.80. The van der Waals surface area contributed by atoms with E-state index in [-0.39, 0.29) is 11.3 Å². The molecular formula is C22H29NO3. The van der Waals surface area contributed by atoms with Gasteiger partial charge in [-0.25, -0.2) is 0 Å². The predicted octanol–water partition coefficient (Wildman–Crippen LogP) is 4.26. The Morgan fingerprint density at radius 2 is 1.77 bits per heavy atom. The van der Waals surface area contributed by atoms with Crippen LogP contribution in [0.5, 0.6) is 11.5 Å². The van der Waals surface area contributed by atoms with E-state index in [9.17, 15) is 4.79 Å². The third kappa shape index (κ3) is 6.10. The summed E-state index contributed by atoms with van der Waals surface area (Å²) in [5.74, 6) is 1.34. The van der Waals surface area contributed by atoms with Crippen molar-refractivity contribution in [2.24, 2.45) is 0 Å². The number of carbonyl (C=O) groups is 1. The number of aryl methyl sites for hydroxylation is 1. The first-order valence-corrected chi connectivity index (χ1v) is 9.00. The lowest BCUT2D eigenvalue weighted by atomic mass is 9.87. The maximum atomic E-state index is 12.1. The van der Waals surface area contributed by atoms with Crippen LogP contribution in [0.3, 0.4) is 0 Å². The van der Waals surface area contributed by atoms with Gasteiger partial charge < -0.3 is 14.8 Å². The van der Waals surface area contributed by atoms with Gasteiger partial charge in [0.25, 0.3) is 5.91 Å². The van der Waals surface area contributed by atoms with Crippen molar-refractivity contribution in [3.05, 3.63) is 59.7 Å². The molecule has 1 amide bonds. The van der Waals surface area contributed by atoms with Crippen LogP contribution in [0.25, 0.3) is 0 Å². The maximum absolute atomic E-state index is 12.1. The van der Waals surface area contributed by atoms with Crippen LogP contribution in [0.2, 0.25) is 0 Å². The fraction of sp³-hybridized carbons (Fsp3) is 0.409. The third-order valence-corrected chi connectivity index (χ3v) is 4.06. The number of rotatable bonds is 7. The Labute approximate surface area is 156 Å². The first-order chi connectivity index (χ1) is 12.3. The first kappa shape index (κ1) is 19.8. The van der Waals surface area contributed by atoms with Gasteiger partial charge in [0.15, 0.2) is 6.10 Å². The van der Waals surface area contributed by atoms with Gasteiger partial charge in [-0.3, -0.25) is 4.79 Å². The average Bonchev–Trinajstić information content (AvgIpc) is 2.58. The second-order valence-corrected chi connectivity index (χ2v) is 7.49. The number of benzene rings is 2. The summed E-state index contributed by atoms with van der Waals surface area (Å²) in [6, 6.07) is 15.7. The van der Waals surface area contributed by atoms with E-state index in [1.54, 1.807) is 6.92 Å². The van der Waals surface area contributed by atoms with Gasteiger partial charge in [-0.15, -0.1) is 0 Å². The molecule has 26 heavy (non-hydrogen) atoms. The Bertz CT molecular complexity index is 717. The van der Waals surface area contributed by atoms with Crippen LogP contribution in [0.1, 0.15) is 38.8 Å². The van der Waals surface area contributed by atoms with E-state index in [4.69, 9.17) is 9.47 Å². The number of nitrogens with one attached hydrogen (secondary N) is 1. The highest BCUT2D eigenvalue weighted by Gasteiger charge is 2.16. The minimum Gasteiger partial charge on any atom is -0.492 e. The zero-order valence-electron chi connectivity index (χ0n) is 16.3. The molecule has 0 saturated carbocycles. The molecule has 140 valence electrons. The van der Waals surface area contributed by atoms with Crippen LogP contribution >= 0.6 is 0 Å². The summed E-state index contributed by atoms with van der Waals surface area (Å²) in [4.78, 5) is 12.1. The molecule has 0 spiro atoms. The molecule has 1 N–H and O–H groups in total. The van der Waals surface area contributed by atoms with E-state index >= 15 is 0 Å². The van der Waals surface area contributed by atoms with Crippen LogP contribution in [0, 0.1) is 6.92 Å². The molecule has 0 aliphatic heterocycles. The quantitative estimate of drug-likeness (QED) is 0.755. The summed E-state index contributed by atoms with van der Waals surface area (Å²) in [6.07, 6.45) is -0.561. The largest absolute Gasteiger partial charge is 0.492 e. The van der Waals surface area contributed by atoms with Crippen molar-refractivity contribution in [1.82, 2.24) is 5.32 Å². The Kier molecular flexibility index (Phi) is 6.67. The van der Waals surface area contributed by atoms with E-state index in [2.05, 4.69) is 26.1 Å². The van der Waals surface area contributed by atoms with E-state index in [0.29, 0.717) is 18.9 Å². The number of hydrogen-bond donors (Lipinski definition) is 1. The van der Waals surface area contributed by atoms with Crippen molar-refractivity contribution in [3.8, 4) is 11.5 Å². The molecule has 4 heteroatoms. The predicted molar refractivity (Wildman–Crippen MR) is 105 cm³/mol. The van der Waals surface area contributed by atoms with E-state index in [0.717, 1.165) is 11.3 Å². The Morgan fingerprint density at radius 3 is 2.38 bits per heavy atom. The van der Waals surface area contributed by atoms with Crippen LogP contribution < -0.4 is 14.8 Å². The van der Waals surface area contributed by atoms with Gasteiger partial charge in [-0.05, 0) is 54.7 Å². The van der Waals surface area contributed by atoms with Crippen LogP contribution in [-0.4, -0.2) is 25.2 Å². The fourth-order valence-electron chi connectivity index (χ4n) is 2.48. The molecule has 0 aliphatic rings. The Hall–Kier alpha value is -2.49. The highest BCUT2D eigenvalue weighted by Crippen LogP contribution is 2.24. The number of hydrogen-bond acceptors (Lipinski definition) is 3. The summed E-state index contributed by atoms with van der Waals surface area (Å²) in [6.45, 7) is 11.1. The van der Waals surface area contributed by atoms with Crippen molar-refractivity contribution >= 4 is 5.91 Å². The summed E-state index contributed by atoms with van der Waals surface area (Å²) in [5, 5.41) is 2.83. The van der Waals surface area contributed by atoms with Crippen molar-refractivity contribution in [2.75, 3.05) is 13.2 Å². The van der Waals surface area contributed by atoms with E-state index in [1.165, 1.54) is 5.56 Å². The lowest BCUT2D eigenvalue weighted by Gasteiger charge is -2.20. The van der Waals surface area contributed by atoms with Crippen molar-refractivity contribution in [1.29, 1.82) is 0 Å². The highest BCUT2D eigenvalue weighted by atomic mass is 16.5. The monoisotopic (exact) mass is 355 g/mol. The molecule has 0 bridgehead atoms. The van der Waals surface area contributed by atoms with Crippen LogP contribution in [0.15, 0.2) is 48.5 Å². The van der Waals surface area contributed by atoms with Gasteiger partial charge in [0.05, 0.1) is 6.54 Å². The van der Waals surface area contributed by atoms with Crippen LogP contribution in [0.4, 0.5) is 0 Å². The molecule has 0 aliphatic carbocycles. The molecule has 0 heterocycles. The second kappa shape index (κ2) is 8.75. The molecule has 2 aromatic rings. The maximum Gasteiger partial charge on any atom is 0.260 e. The minimum atomic E-state index is -0.561. The summed E-state index contributed by atoms with van der Waals surface area (Å²) in [5.41, 5.74) is 2.47. The van der Waals surface area contributed by atoms with Gasteiger partial charge in [0, 0.05) is 0 Å². The molecule has 0 fully saturated rings. The number of carbonyl (C=O) groups excluding carboxylic acids is 1. The second-order valence-electron chi connectivity index (χ2n) is 7.49. The molecule has 2 aromatic carbocycles. The Morgan fingerprint density at radius 1 is 1.08 bits per heavy atom. The van der Waals surface area contributed by atoms with Crippen molar-refractivity contribution < 1.29 is 14.3 Å². The SMILES string of the molecule is Cc1cccc(OCCNC(=O)[C@H](C)Oc2ccc(C(C)(C)C)cc2)c1. The average molecular weight is 355 g/mol.